The van der Waals surface area contributed by atoms with Crippen LogP contribution in [0.15, 0.2) is 24.3 Å². The molecule has 4 atom stereocenters. The number of ketones is 1. The van der Waals surface area contributed by atoms with Gasteiger partial charge in [-0.15, -0.1) is 0 Å². The number of carbonyl (C=O) groups is 3. The summed E-state index contributed by atoms with van der Waals surface area (Å²) in [6.45, 7) is 18.2. The van der Waals surface area contributed by atoms with Gasteiger partial charge in [0.25, 0.3) is 5.91 Å². The standard InChI is InChI=1S/C29H44N4O4/c1-7-31-12-14-32(15-13-31)21-10-8-20(9-11-21)27(35)30-23(16-29(4,5)6)28(36)33-17-22(19(2)3)26-25(33)24(34)18-37-26/h8-11,19,22-23,25-26H,7,12-18H2,1-6H3,(H,30,35)/t22-,23?,25+,26+/m0/s1. The Morgan fingerprint density at radius 3 is 2.30 bits per heavy atom. The normalized spacial score (nSPS) is 25.5. The molecule has 2 amide bonds. The van der Waals surface area contributed by atoms with Gasteiger partial charge < -0.3 is 24.8 Å². The predicted octanol–water partition coefficient (Wildman–Crippen LogP) is 2.81. The van der Waals surface area contributed by atoms with E-state index in [9.17, 15) is 14.4 Å². The second-order valence-electron chi connectivity index (χ2n) is 12.3. The van der Waals surface area contributed by atoms with Crippen LogP contribution in [-0.4, -0.2) is 91.5 Å². The van der Waals surface area contributed by atoms with Crippen molar-refractivity contribution >= 4 is 23.3 Å². The number of hydrogen-bond acceptors (Lipinski definition) is 6. The lowest BCUT2D eigenvalue weighted by molar-refractivity contribution is -0.138. The number of Topliss-reactive ketones (excluding diaryl/α,β-unsaturated/α-hetero) is 1. The van der Waals surface area contributed by atoms with E-state index in [0.29, 0.717) is 18.5 Å². The lowest BCUT2D eigenvalue weighted by Crippen LogP contribution is -2.53. The highest BCUT2D eigenvalue weighted by Crippen LogP contribution is 2.37. The minimum Gasteiger partial charge on any atom is -0.369 e. The molecule has 3 aliphatic rings. The fourth-order valence-corrected chi connectivity index (χ4v) is 5.91. The third-order valence-corrected chi connectivity index (χ3v) is 8.10. The van der Waals surface area contributed by atoms with Gasteiger partial charge in [-0.2, -0.15) is 0 Å². The second-order valence-corrected chi connectivity index (χ2v) is 12.3. The maximum absolute atomic E-state index is 13.9. The Balaban J connectivity index is 1.47. The molecule has 1 aromatic carbocycles. The topological polar surface area (TPSA) is 82.2 Å². The van der Waals surface area contributed by atoms with E-state index in [1.54, 1.807) is 4.90 Å². The molecule has 204 valence electrons. The Kier molecular flexibility index (Phi) is 8.29. The molecule has 1 unspecified atom stereocenters. The first-order valence-corrected chi connectivity index (χ1v) is 13.8. The first-order chi connectivity index (χ1) is 17.5. The van der Waals surface area contributed by atoms with E-state index >= 15 is 0 Å². The average molecular weight is 513 g/mol. The number of anilines is 1. The van der Waals surface area contributed by atoms with Gasteiger partial charge in [0.2, 0.25) is 5.91 Å². The van der Waals surface area contributed by atoms with Crippen molar-refractivity contribution < 1.29 is 19.1 Å². The number of piperazine rings is 1. The summed E-state index contributed by atoms with van der Waals surface area (Å²) in [4.78, 5) is 46.3. The van der Waals surface area contributed by atoms with Crippen LogP contribution < -0.4 is 10.2 Å². The number of carbonyl (C=O) groups excluding carboxylic acids is 3. The van der Waals surface area contributed by atoms with Crippen molar-refractivity contribution in [2.75, 3.05) is 50.8 Å². The highest BCUT2D eigenvalue weighted by atomic mass is 16.5. The van der Waals surface area contributed by atoms with Crippen LogP contribution in [0.5, 0.6) is 0 Å². The molecule has 3 fully saturated rings. The van der Waals surface area contributed by atoms with Gasteiger partial charge in [0.05, 0.1) is 6.10 Å². The molecule has 37 heavy (non-hydrogen) atoms. The van der Waals surface area contributed by atoms with E-state index < -0.39 is 12.1 Å². The zero-order valence-corrected chi connectivity index (χ0v) is 23.3. The highest BCUT2D eigenvalue weighted by molar-refractivity contribution is 5.99. The van der Waals surface area contributed by atoms with Crippen LogP contribution in [-0.2, 0) is 14.3 Å². The zero-order valence-electron chi connectivity index (χ0n) is 23.3. The molecule has 1 N–H and O–H groups in total. The summed E-state index contributed by atoms with van der Waals surface area (Å²) in [5.74, 6) is -0.105. The number of likely N-dealkylation sites (tertiary alicyclic amines) is 1. The van der Waals surface area contributed by atoms with Crippen molar-refractivity contribution in [3.63, 3.8) is 0 Å². The summed E-state index contributed by atoms with van der Waals surface area (Å²) >= 11 is 0. The van der Waals surface area contributed by atoms with Gasteiger partial charge in [0.15, 0.2) is 5.78 Å². The first kappa shape index (κ1) is 27.6. The Morgan fingerprint density at radius 1 is 1.08 bits per heavy atom. The summed E-state index contributed by atoms with van der Waals surface area (Å²) < 4.78 is 5.81. The molecule has 1 aromatic rings. The maximum atomic E-state index is 13.9. The molecule has 8 heteroatoms. The number of rotatable bonds is 7. The lowest BCUT2D eigenvalue weighted by Gasteiger charge is -2.35. The largest absolute Gasteiger partial charge is 0.369 e. The number of likely N-dealkylation sites (N-methyl/N-ethyl adjacent to an activating group) is 1. The summed E-state index contributed by atoms with van der Waals surface area (Å²) in [7, 11) is 0. The molecule has 3 aliphatic heterocycles. The van der Waals surface area contributed by atoms with Gasteiger partial charge >= 0.3 is 0 Å². The van der Waals surface area contributed by atoms with Crippen LogP contribution in [0.4, 0.5) is 5.69 Å². The highest BCUT2D eigenvalue weighted by Gasteiger charge is 2.53. The van der Waals surface area contributed by atoms with Gasteiger partial charge in [-0.05, 0) is 48.6 Å². The number of amides is 2. The van der Waals surface area contributed by atoms with Crippen molar-refractivity contribution in [1.82, 2.24) is 15.1 Å². The molecule has 4 rings (SSSR count). The Hall–Kier alpha value is -2.45. The third-order valence-electron chi connectivity index (χ3n) is 8.10. The van der Waals surface area contributed by atoms with E-state index in [0.717, 1.165) is 38.4 Å². The van der Waals surface area contributed by atoms with Crippen LogP contribution in [0.2, 0.25) is 0 Å². The smallest absolute Gasteiger partial charge is 0.251 e. The van der Waals surface area contributed by atoms with Gasteiger partial charge in [-0.3, -0.25) is 14.4 Å². The van der Waals surface area contributed by atoms with E-state index in [-0.39, 0.29) is 47.6 Å². The van der Waals surface area contributed by atoms with Crippen molar-refractivity contribution in [2.24, 2.45) is 17.3 Å². The number of hydrogen-bond donors (Lipinski definition) is 1. The fourth-order valence-electron chi connectivity index (χ4n) is 5.91. The number of fused-ring (bicyclic) bond motifs is 1. The van der Waals surface area contributed by atoms with Crippen LogP contribution >= 0.6 is 0 Å². The van der Waals surface area contributed by atoms with Gasteiger partial charge in [-0.25, -0.2) is 0 Å². The second kappa shape index (κ2) is 11.1. The third kappa shape index (κ3) is 6.17. The number of nitrogens with zero attached hydrogens (tertiary/aromatic N) is 3. The molecular weight excluding hydrogens is 468 g/mol. The summed E-state index contributed by atoms with van der Waals surface area (Å²) in [6.07, 6.45) is 0.223. The van der Waals surface area contributed by atoms with Crippen molar-refractivity contribution in [3.8, 4) is 0 Å². The zero-order chi connectivity index (χ0) is 26.9. The first-order valence-electron chi connectivity index (χ1n) is 13.8. The number of benzene rings is 1. The Bertz CT molecular complexity index is 979. The summed E-state index contributed by atoms with van der Waals surface area (Å²) in [5, 5.41) is 3.02. The molecule has 3 heterocycles. The van der Waals surface area contributed by atoms with E-state index in [2.05, 4.69) is 56.7 Å². The van der Waals surface area contributed by atoms with Crippen LogP contribution in [0.25, 0.3) is 0 Å². The molecule has 0 saturated carbocycles. The predicted molar refractivity (Wildman–Crippen MR) is 145 cm³/mol. The van der Waals surface area contributed by atoms with Crippen LogP contribution in [0.1, 0.15) is 58.3 Å². The molecule has 3 saturated heterocycles. The maximum Gasteiger partial charge on any atom is 0.251 e. The minimum absolute atomic E-state index is 0.0438. The van der Waals surface area contributed by atoms with E-state index in [4.69, 9.17) is 4.74 Å². The molecule has 0 bridgehead atoms. The number of ether oxygens (including phenoxy) is 1. The van der Waals surface area contributed by atoms with E-state index in [1.807, 2.05) is 24.3 Å². The monoisotopic (exact) mass is 512 g/mol. The molecule has 0 aliphatic carbocycles. The fraction of sp³-hybridized carbons (Fsp3) is 0.690. The molecule has 0 radical (unpaired) electrons. The Labute approximate surface area is 221 Å². The van der Waals surface area contributed by atoms with E-state index in [1.165, 1.54) is 0 Å². The van der Waals surface area contributed by atoms with Crippen molar-refractivity contribution in [3.05, 3.63) is 29.8 Å². The van der Waals surface area contributed by atoms with Crippen molar-refractivity contribution in [1.29, 1.82) is 0 Å². The summed E-state index contributed by atoms with van der Waals surface area (Å²) in [5.41, 5.74) is 1.45. The van der Waals surface area contributed by atoms with Crippen LogP contribution in [0, 0.1) is 17.3 Å². The molecule has 0 aromatic heterocycles. The molecule has 0 spiro atoms. The summed E-state index contributed by atoms with van der Waals surface area (Å²) in [6, 6.07) is 6.39. The average Bonchev–Trinajstić information content (AvgIpc) is 3.43. The number of nitrogens with one attached hydrogen (secondary N) is 1. The minimum atomic E-state index is -0.714. The van der Waals surface area contributed by atoms with Gasteiger partial charge in [0, 0.05) is 49.9 Å². The SMILES string of the molecule is CCN1CCN(c2ccc(C(=O)NC(CC(C)(C)C)C(=O)N3C[C@@H](C(C)C)[C@H]4OCC(=O)[C@H]43)cc2)CC1. The van der Waals surface area contributed by atoms with Gasteiger partial charge in [-0.1, -0.05) is 41.5 Å². The van der Waals surface area contributed by atoms with Gasteiger partial charge in [0.1, 0.15) is 18.7 Å². The Morgan fingerprint density at radius 2 is 1.73 bits per heavy atom. The van der Waals surface area contributed by atoms with Crippen LogP contribution in [0.3, 0.4) is 0 Å². The van der Waals surface area contributed by atoms with Crippen molar-refractivity contribution in [2.45, 2.75) is 66.2 Å². The lowest BCUT2D eigenvalue weighted by atomic mass is 9.87. The molecular formula is C29H44N4O4. The molecule has 8 nitrogen and oxygen atoms in total. The quantitative estimate of drug-likeness (QED) is 0.605.